The zero-order valence-corrected chi connectivity index (χ0v) is 21.5. The van der Waals surface area contributed by atoms with E-state index in [9.17, 15) is 0 Å². The molecule has 36 heavy (non-hydrogen) atoms. The van der Waals surface area contributed by atoms with E-state index in [2.05, 4.69) is 53.2 Å². The molecule has 1 N–H and O–H groups in total. The summed E-state index contributed by atoms with van der Waals surface area (Å²) in [6.45, 7) is 8.71. The van der Waals surface area contributed by atoms with Crippen molar-refractivity contribution in [2.24, 2.45) is 5.41 Å². The van der Waals surface area contributed by atoms with Gasteiger partial charge in [0.15, 0.2) is 5.82 Å². The molecule has 0 radical (unpaired) electrons. The Labute approximate surface area is 215 Å². The van der Waals surface area contributed by atoms with Gasteiger partial charge in [-0.2, -0.15) is 0 Å². The van der Waals surface area contributed by atoms with Crippen LogP contribution >= 0.6 is 0 Å². The summed E-state index contributed by atoms with van der Waals surface area (Å²) in [7, 11) is 0. The molecule has 0 unspecified atom stereocenters. The highest BCUT2D eigenvalue weighted by Crippen LogP contribution is 2.40. The molecule has 0 aliphatic carbocycles. The lowest BCUT2D eigenvalue weighted by atomic mass is 9.79. The Morgan fingerprint density at radius 2 is 1.56 bits per heavy atom. The Hall–Kier alpha value is -2.51. The number of rotatable bonds is 10. The number of aromatic amines is 1. The van der Waals surface area contributed by atoms with Crippen LogP contribution in [0.2, 0.25) is 0 Å². The van der Waals surface area contributed by atoms with Crippen LogP contribution in [-0.2, 0) is 14.2 Å². The molecule has 0 spiro atoms. The summed E-state index contributed by atoms with van der Waals surface area (Å²) >= 11 is 0. The van der Waals surface area contributed by atoms with Crippen molar-refractivity contribution in [2.45, 2.75) is 45.3 Å². The Kier molecular flexibility index (Phi) is 8.49. The lowest BCUT2D eigenvalue weighted by molar-refractivity contribution is -0.240. The number of nitrogens with one attached hydrogen (secondary N) is 1. The van der Waals surface area contributed by atoms with Crippen LogP contribution in [0.3, 0.4) is 0 Å². The summed E-state index contributed by atoms with van der Waals surface area (Å²) in [5, 5.41) is 0. The third-order valence-corrected chi connectivity index (χ3v) is 7.45. The monoisotopic (exact) mass is 489 g/mol. The molecule has 2 aliphatic heterocycles. The molecule has 0 bridgehead atoms. The van der Waals surface area contributed by atoms with Gasteiger partial charge < -0.3 is 19.2 Å². The van der Waals surface area contributed by atoms with Crippen molar-refractivity contribution in [3.63, 3.8) is 0 Å². The first-order valence-corrected chi connectivity index (χ1v) is 13.5. The summed E-state index contributed by atoms with van der Waals surface area (Å²) in [4.78, 5) is 11.0. The van der Waals surface area contributed by atoms with Crippen molar-refractivity contribution in [3.8, 4) is 22.5 Å². The van der Waals surface area contributed by atoms with E-state index in [1.54, 1.807) is 0 Å². The Bertz CT molecular complexity index is 999. The number of aromatic nitrogens is 2. The zero-order chi connectivity index (χ0) is 24.6. The van der Waals surface area contributed by atoms with E-state index < -0.39 is 6.29 Å². The maximum absolute atomic E-state index is 6.38. The molecule has 2 aromatic carbocycles. The number of unbranched alkanes of at least 4 members (excludes halogenated alkanes) is 1. The number of H-pyrrole nitrogens is 1. The van der Waals surface area contributed by atoms with Crippen LogP contribution in [0.25, 0.3) is 22.5 Å². The van der Waals surface area contributed by atoms with Gasteiger partial charge in [-0.3, -0.25) is 4.90 Å². The molecule has 0 saturated carbocycles. The number of benzene rings is 2. The van der Waals surface area contributed by atoms with Gasteiger partial charge in [-0.1, -0.05) is 80.4 Å². The van der Waals surface area contributed by atoms with Crippen molar-refractivity contribution in [1.29, 1.82) is 0 Å². The summed E-state index contributed by atoms with van der Waals surface area (Å²) in [5.74, 6) is 0.741. The van der Waals surface area contributed by atoms with Crippen molar-refractivity contribution < 1.29 is 14.2 Å². The van der Waals surface area contributed by atoms with Gasteiger partial charge in [0, 0.05) is 29.6 Å². The predicted octanol–water partition coefficient (Wildman–Crippen LogP) is 6.08. The minimum absolute atomic E-state index is 0.0906. The maximum Gasteiger partial charge on any atom is 0.217 e. The van der Waals surface area contributed by atoms with Crippen LogP contribution in [0.5, 0.6) is 0 Å². The van der Waals surface area contributed by atoms with Gasteiger partial charge in [0.1, 0.15) is 0 Å². The molecule has 0 atom stereocenters. The molecular weight excluding hydrogens is 450 g/mol. The molecule has 1 aromatic heterocycles. The van der Waals surface area contributed by atoms with Crippen LogP contribution in [0.4, 0.5) is 0 Å². The average Bonchev–Trinajstić information content (AvgIpc) is 3.39. The van der Waals surface area contributed by atoms with Gasteiger partial charge in [0.05, 0.1) is 37.8 Å². The summed E-state index contributed by atoms with van der Waals surface area (Å²) in [6.07, 6.45) is 5.35. The van der Waals surface area contributed by atoms with E-state index >= 15 is 0 Å². The zero-order valence-electron chi connectivity index (χ0n) is 21.5. The van der Waals surface area contributed by atoms with E-state index in [0.29, 0.717) is 13.2 Å². The predicted molar refractivity (Wildman–Crippen MR) is 143 cm³/mol. The average molecular weight is 490 g/mol. The number of ether oxygens (including phenoxy) is 3. The number of hydrogen-bond acceptors (Lipinski definition) is 5. The first-order valence-electron chi connectivity index (χ1n) is 13.5. The summed E-state index contributed by atoms with van der Waals surface area (Å²) in [5.41, 5.74) is 4.20. The minimum atomic E-state index is -0.469. The molecule has 0 amide bonds. The van der Waals surface area contributed by atoms with Gasteiger partial charge in [-0.25, -0.2) is 4.98 Å². The van der Waals surface area contributed by atoms with Gasteiger partial charge >= 0.3 is 0 Å². The lowest BCUT2D eigenvalue weighted by Gasteiger charge is -2.40. The second kappa shape index (κ2) is 12.2. The molecule has 3 aromatic rings. The topological polar surface area (TPSA) is 59.6 Å². The van der Waals surface area contributed by atoms with E-state index in [0.717, 1.165) is 80.4 Å². The fourth-order valence-electron chi connectivity index (χ4n) is 5.48. The Morgan fingerprint density at radius 3 is 2.22 bits per heavy atom. The van der Waals surface area contributed by atoms with E-state index in [4.69, 9.17) is 19.2 Å². The summed E-state index contributed by atoms with van der Waals surface area (Å²) < 4.78 is 18.2. The van der Waals surface area contributed by atoms with Crippen molar-refractivity contribution >= 4 is 0 Å². The smallest absolute Gasteiger partial charge is 0.217 e. The maximum atomic E-state index is 6.38. The van der Waals surface area contributed by atoms with Crippen LogP contribution in [-0.4, -0.2) is 60.9 Å². The number of imidazole rings is 1. The molecule has 6 nitrogen and oxygen atoms in total. The first kappa shape index (κ1) is 25.2. The highest BCUT2D eigenvalue weighted by molar-refractivity contribution is 5.78. The van der Waals surface area contributed by atoms with Crippen molar-refractivity contribution in [1.82, 2.24) is 14.9 Å². The molecule has 3 heterocycles. The quantitative estimate of drug-likeness (QED) is 0.350. The van der Waals surface area contributed by atoms with E-state index in [-0.39, 0.29) is 5.41 Å². The van der Waals surface area contributed by atoms with Crippen LogP contribution in [0, 0.1) is 5.41 Å². The molecule has 192 valence electrons. The second-order valence-corrected chi connectivity index (χ2v) is 10.2. The number of hydrogen-bond donors (Lipinski definition) is 1. The molecular formula is C30H39N3O3. The van der Waals surface area contributed by atoms with Crippen LogP contribution in [0.1, 0.15) is 51.1 Å². The fourth-order valence-corrected chi connectivity index (χ4v) is 5.48. The van der Waals surface area contributed by atoms with E-state index in [1.807, 2.05) is 24.3 Å². The third-order valence-electron chi connectivity index (χ3n) is 7.45. The number of morpholine rings is 1. The largest absolute Gasteiger partial charge is 0.379 e. The van der Waals surface area contributed by atoms with Crippen LogP contribution < -0.4 is 0 Å². The van der Waals surface area contributed by atoms with Gasteiger partial charge in [-0.15, -0.1) is 0 Å². The van der Waals surface area contributed by atoms with Crippen molar-refractivity contribution in [2.75, 3.05) is 46.1 Å². The molecule has 6 heteroatoms. The van der Waals surface area contributed by atoms with Gasteiger partial charge in [-0.05, 0) is 25.8 Å². The van der Waals surface area contributed by atoms with Gasteiger partial charge in [0.2, 0.25) is 6.29 Å². The first-order chi connectivity index (χ1) is 17.8. The minimum Gasteiger partial charge on any atom is -0.379 e. The standard InChI is InChI=1S/C30H39N3O3/c1-2-15-30(16-9-10-17-33-18-20-34-21-19-33)22-35-29(36-23-30)28-31-26(24-11-5-3-6-12-24)27(32-28)25-13-7-4-8-14-25/h3-8,11-14,29H,2,9-10,15-23H2,1H3,(H,31,32). The molecule has 2 saturated heterocycles. The Morgan fingerprint density at radius 1 is 0.889 bits per heavy atom. The lowest BCUT2D eigenvalue weighted by Crippen LogP contribution is -2.39. The SMILES string of the molecule is CCCC1(CCCCN2CCOCC2)COC(c2nc(-c3ccccc3)c(-c3ccccc3)[nH]2)OC1. The van der Waals surface area contributed by atoms with Crippen LogP contribution in [0.15, 0.2) is 60.7 Å². The molecule has 5 rings (SSSR count). The summed E-state index contributed by atoms with van der Waals surface area (Å²) in [6, 6.07) is 20.7. The second-order valence-electron chi connectivity index (χ2n) is 10.2. The highest BCUT2D eigenvalue weighted by Gasteiger charge is 2.37. The van der Waals surface area contributed by atoms with Crippen molar-refractivity contribution in [3.05, 3.63) is 66.5 Å². The highest BCUT2D eigenvalue weighted by atomic mass is 16.7. The van der Waals surface area contributed by atoms with Gasteiger partial charge in [0.25, 0.3) is 0 Å². The van der Waals surface area contributed by atoms with E-state index in [1.165, 1.54) is 12.8 Å². The molecule has 2 aliphatic rings. The molecule has 2 fully saturated rings. The fraction of sp³-hybridized carbons (Fsp3) is 0.500. The third kappa shape index (κ3) is 6.06. The Balaban J connectivity index is 1.25. The normalized spacial score (nSPS) is 23.1. The number of nitrogens with zero attached hydrogens (tertiary/aromatic N) is 2.